The lowest BCUT2D eigenvalue weighted by atomic mass is 10.0. The highest BCUT2D eigenvalue weighted by molar-refractivity contribution is 5.41. The molecule has 1 N–H and O–H groups in total. The van der Waals surface area contributed by atoms with Crippen LogP contribution in [-0.2, 0) is 13.5 Å². The molecule has 0 aliphatic rings. The molecule has 21 heavy (non-hydrogen) atoms. The Labute approximate surface area is 126 Å². The van der Waals surface area contributed by atoms with Crippen LogP contribution in [0, 0.1) is 20.8 Å². The predicted molar refractivity (Wildman–Crippen MR) is 83.7 cm³/mol. The number of pyridine rings is 1. The van der Waals surface area contributed by atoms with Gasteiger partial charge in [0.1, 0.15) is 5.75 Å². The van der Waals surface area contributed by atoms with E-state index in [1.165, 1.54) is 0 Å². The topological polar surface area (TPSA) is 52.0 Å². The first kappa shape index (κ1) is 15.5. The molecule has 5 nitrogen and oxygen atoms in total. The smallest absolute Gasteiger partial charge is 0.128 e. The van der Waals surface area contributed by atoms with Crippen LogP contribution in [0.5, 0.6) is 5.75 Å². The molecule has 5 heteroatoms. The molecular formula is C16H24N4O. The van der Waals surface area contributed by atoms with Crippen molar-refractivity contribution in [1.82, 2.24) is 20.1 Å². The molecule has 0 aliphatic carbocycles. The molecule has 0 spiro atoms. The fourth-order valence-electron chi connectivity index (χ4n) is 2.78. The standard InChI is InChI=1S/C16H24N4O/c1-10-9-18-13(12(3)16(10)21-6)8-14(17-4)15-7-11(2)19-20(15)5/h7,9,14,17H,8H2,1-6H3. The number of likely N-dealkylation sites (N-methyl/N-ethyl adjacent to an activating group) is 1. The maximum Gasteiger partial charge on any atom is 0.128 e. The van der Waals surface area contributed by atoms with E-state index < -0.39 is 0 Å². The molecular weight excluding hydrogens is 264 g/mol. The lowest BCUT2D eigenvalue weighted by Gasteiger charge is -2.19. The van der Waals surface area contributed by atoms with Crippen molar-refractivity contribution in [3.05, 3.63) is 40.5 Å². The molecule has 2 heterocycles. The summed E-state index contributed by atoms with van der Waals surface area (Å²) < 4.78 is 7.42. The van der Waals surface area contributed by atoms with E-state index in [0.29, 0.717) is 0 Å². The summed E-state index contributed by atoms with van der Waals surface area (Å²) in [6.07, 6.45) is 2.68. The van der Waals surface area contributed by atoms with Gasteiger partial charge in [0.15, 0.2) is 0 Å². The van der Waals surface area contributed by atoms with Gasteiger partial charge in [-0.3, -0.25) is 9.67 Å². The molecule has 0 bridgehead atoms. The second kappa shape index (κ2) is 6.26. The van der Waals surface area contributed by atoms with Crippen LogP contribution in [0.2, 0.25) is 0 Å². The van der Waals surface area contributed by atoms with Crippen molar-refractivity contribution in [3.63, 3.8) is 0 Å². The average Bonchev–Trinajstić information content (AvgIpc) is 2.77. The molecule has 114 valence electrons. The number of rotatable bonds is 5. The molecule has 2 aromatic rings. The van der Waals surface area contributed by atoms with Crippen molar-refractivity contribution < 1.29 is 4.74 Å². The zero-order chi connectivity index (χ0) is 15.6. The first-order valence-electron chi connectivity index (χ1n) is 7.14. The summed E-state index contributed by atoms with van der Waals surface area (Å²) in [6, 6.07) is 2.29. The van der Waals surface area contributed by atoms with Crippen molar-refractivity contribution >= 4 is 0 Å². The van der Waals surface area contributed by atoms with E-state index in [1.54, 1.807) is 7.11 Å². The summed E-state index contributed by atoms with van der Waals surface area (Å²) in [6.45, 7) is 6.09. The van der Waals surface area contributed by atoms with Gasteiger partial charge in [0.05, 0.1) is 24.5 Å². The molecule has 1 unspecified atom stereocenters. The average molecular weight is 288 g/mol. The largest absolute Gasteiger partial charge is 0.496 e. The van der Waals surface area contributed by atoms with E-state index in [9.17, 15) is 0 Å². The predicted octanol–water partition coefficient (Wildman–Crippen LogP) is 2.25. The van der Waals surface area contributed by atoms with Crippen LogP contribution in [0.1, 0.15) is 34.3 Å². The van der Waals surface area contributed by atoms with Gasteiger partial charge in [0.2, 0.25) is 0 Å². The number of methoxy groups -OCH3 is 1. The van der Waals surface area contributed by atoms with Crippen LogP contribution in [0.15, 0.2) is 12.3 Å². The quantitative estimate of drug-likeness (QED) is 0.917. The lowest BCUT2D eigenvalue weighted by Crippen LogP contribution is -2.22. The van der Waals surface area contributed by atoms with Gasteiger partial charge in [-0.05, 0) is 33.9 Å². The van der Waals surface area contributed by atoms with Crippen LogP contribution < -0.4 is 10.1 Å². The summed E-state index contributed by atoms with van der Waals surface area (Å²) in [5.74, 6) is 0.927. The van der Waals surface area contributed by atoms with Crippen LogP contribution in [0.4, 0.5) is 0 Å². The van der Waals surface area contributed by atoms with Crippen molar-refractivity contribution in [2.45, 2.75) is 33.2 Å². The highest BCUT2D eigenvalue weighted by atomic mass is 16.5. The molecule has 2 aromatic heterocycles. The zero-order valence-electron chi connectivity index (χ0n) is 13.7. The summed E-state index contributed by atoms with van der Waals surface area (Å²) in [4.78, 5) is 4.59. The van der Waals surface area contributed by atoms with Gasteiger partial charge in [-0.15, -0.1) is 0 Å². The van der Waals surface area contributed by atoms with Crippen LogP contribution >= 0.6 is 0 Å². The van der Waals surface area contributed by atoms with Gasteiger partial charge in [-0.2, -0.15) is 5.10 Å². The van der Waals surface area contributed by atoms with Crippen LogP contribution in [0.3, 0.4) is 0 Å². The SMILES string of the molecule is CNC(Cc1ncc(C)c(OC)c1C)c1cc(C)nn1C. The fourth-order valence-corrected chi connectivity index (χ4v) is 2.78. The molecule has 0 aliphatic heterocycles. The Kier molecular flexibility index (Phi) is 4.63. The normalized spacial score (nSPS) is 12.5. The number of nitrogens with one attached hydrogen (secondary N) is 1. The number of aromatic nitrogens is 3. The van der Waals surface area contributed by atoms with Crippen molar-refractivity contribution in [2.75, 3.05) is 14.2 Å². The Morgan fingerprint density at radius 1 is 1.33 bits per heavy atom. The summed E-state index contributed by atoms with van der Waals surface area (Å²) >= 11 is 0. The van der Waals surface area contributed by atoms with Gasteiger partial charge in [0.25, 0.3) is 0 Å². The van der Waals surface area contributed by atoms with Gasteiger partial charge in [-0.1, -0.05) is 0 Å². The molecule has 2 rings (SSSR count). The number of hydrogen-bond donors (Lipinski definition) is 1. The molecule has 0 saturated heterocycles. The molecule has 1 atom stereocenters. The van der Waals surface area contributed by atoms with E-state index in [2.05, 4.69) is 28.4 Å². The Morgan fingerprint density at radius 3 is 2.57 bits per heavy atom. The van der Waals surface area contributed by atoms with E-state index in [4.69, 9.17) is 4.74 Å². The molecule has 0 fully saturated rings. The molecule has 0 amide bonds. The number of nitrogens with zero attached hydrogens (tertiary/aromatic N) is 3. The van der Waals surface area contributed by atoms with E-state index in [0.717, 1.165) is 40.4 Å². The summed E-state index contributed by atoms with van der Waals surface area (Å²) in [7, 11) is 5.65. The third kappa shape index (κ3) is 3.08. The maximum absolute atomic E-state index is 5.49. The van der Waals surface area contributed by atoms with E-state index >= 15 is 0 Å². The Bertz CT molecular complexity index is 633. The van der Waals surface area contributed by atoms with Gasteiger partial charge in [0, 0.05) is 36.5 Å². The highest BCUT2D eigenvalue weighted by Gasteiger charge is 2.18. The van der Waals surface area contributed by atoms with Gasteiger partial charge < -0.3 is 10.1 Å². The van der Waals surface area contributed by atoms with Crippen molar-refractivity contribution in [1.29, 1.82) is 0 Å². The zero-order valence-corrected chi connectivity index (χ0v) is 13.7. The maximum atomic E-state index is 5.49. The minimum Gasteiger partial charge on any atom is -0.496 e. The fraction of sp³-hybridized carbons (Fsp3) is 0.500. The minimum absolute atomic E-state index is 0.176. The molecule has 0 saturated carbocycles. The van der Waals surface area contributed by atoms with Crippen LogP contribution in [0.25, 0.3) is 0 Å². The van der Waals surface area contributed by atoms with Crippen LogP contribution in [-0.4, -0.2) is 28.9 Å². The lowest BCUT2D eigenvalue weighted by molar-refractivity contribution is 0.406. The van der Waals surface area contributed by atoms with E-state index in [1.807, 2.05) is 38.8 Å². The third-order valence-corrected chi connectivity index (χ3v) is 3.89. The van der Waals surface area contributed by atoms with Gasteiger partial charge >= 0.3 is 0 Å². The molecule has 0 aromatic carbocycles. The summed E-state index contributed by atoms with van der Waals surface area (Å²) in [5, 5.41) is 7.78. The van der Waals surface area contributed by atoms with Crippen molar-refractivity contribution in [2.24, 2.45) is 7.05 Å². The van der Waals surface area contributed by atoms with Crippen molar-refractivity contribution in [3.8, 4) is 5.75 Å². The Balaban J connectivity index is 2.33. The number of ether oxygens (including phenoxy) is 1. The summed E-state index contributed by atoms with van der Waals surface area (Å²) in [5.41, 5.74) is 5.41. The van der Waals surface area contributed by atoms with E-state index in [-0.39, 0.29) is 6.04 Å². The first-order valence-corrected chi connectivity index (χ1v) is 7.14. The highest BCUT2D eigenvalue weighted by Crippen LogP contribution is 2.27. The minimum atomic E-state index is 0.176. The van der Waals surface area contributed by atoms with Gasteiger partial charge in [-0.25, -0.2) is 0 Å². The number of hydrogen-bond acceptors (Lipinski definition) is 4. The Hall–Kier alpha value is -1.88. The monoisotopic (exact) mass is 288 g/mol. The number of aryl methyl sites for hydroxylation is 3. The molecule has 0 radical (unpaired) electrons. The first-order chi connectivity index (χ1) is 9.97. The Morgan fingerprint density at radius 2 is 2.05 bits per heavy atom. The second-order valence-corrected chi connectivity index (χ2v) is 5.43. The second-order valence-electron chi connectivity index (χ2n) is 5.43. The third-order valence-electron chi connectivity index (χ3n) is 3.89.